The molecule has 0 aliphatic rings. The summed E-state index contributed by atoms with van der Waals surface area (Å²) in [6, 6.07) is 0. The number of rotatable bonds is 3. The largest absolute Gasteiger partial charge is 0.0917 e. The van der Waals surface area contributed by atoms with Gasteiger partial charge in [-0.2, -0.15) is 0 Å². The summed E-state index contributed by atoms with van der Waals surface area (Å²) < 4.78 is 0. The zero-order valence-corrected chi connectivity index (χ0v) is 17.4. The van der Waals surface area contributed by atoms with Gasteiger partial charge in [-0.15, -0.1) is 0 Å². The molecular weight excluding hydrogens is 449 g/mol. The minimum absolute atomic E-state index is 2.30. The van der Waals surface area contributed by atoms with Crippen LogP contribution < -0.4 is 0 Å². The van der Waals surface area contributed by atoms with Crippen LogP contribution in [0.3, 0.4) is 0 Å². The lowest BCUT2D eigenvalue weighted by molar-refractivity contribution is 5.16. The molecule has 14 heavy (non-hydrogen) atoms. The fourth-order valence-electron chi connectivity index (χ4n) is 0.211. The topological polar surface area (TPSA) is 0 Å². The molecule has 0 radical (unpaired) electrons. The highest BCUT2D eigenvalue weighted by atomic mass is 34.3. The van der Waals surface area contributed by atoms with Crippen LogP contribution in [0, 0.1) is 0 Å². The van der Waals surface area contributed by atoms with Crippen molar-refractivity contribution in [2.75, 3.05) is 0 Å². The summed E-state index contributed by atoms with van der Waals surface area (Å²) in [7, 11) is 0. The molecular formula is H2S14. The van der Waals surface area contributed by atoms with E-state index in [0.717, 1.165) is 0 Å². The molecule has 0 rings (SSSR count). The smallest absolute Gasteiger partial charge is 0.0436 e. The van der Waals surface area contributed by atoms with Gasteiger partial charge in [0, 0.05) is 20.8 Å². The summed E-state index contributed by atoms with van der Waals surface area (Å²) in [6.45, 7) is 0. The maximum absolute atomic E-state index is 5.18. The van der Waals surface area contributed by atoms with E-state index in [9.17, 15) is 0 Å². The Bertz CT molecular complexity index is 545. The first-order chi connectivity index (χ1) is 5.75. The van der Waals surface area contributed by atoms with Crippen LogP contribution in [0.2, 0.25) is 0 Å². The fourth-order valence-corrected chi connectivity index (χ4v) is 51.2. The molecule has 0 unspecified atom stereocenters. The molecule has 0 atom stereocenters. The monoisotopic (exact) mass is 450 g/mol. The Morgan fingerprint density at radius 3 is 0.714 bits per heavy atom. The van der Waals surface area contributed by atoms with Gasteiger partial charge in [-0.05, 0) is 89.5 Å². The zero-order chi connectivity index (χ0) is 12.0. The van der Waals surface area contributed by atoms with Gasteiger partial charge in [-0.3, -0.25) is 0 Å². The second-order valence-electron chi connectivity index (χ2n) is 1.67. The first kappa shape index (κ1) is 17.9. The second-order valence-corrected chi connectivity index (χ2v) is 45.1. The van der Waals surface area contributed by atoms with E-state index in [1.54, 1.807) is 0 Å². The highest BCUT2D eigenvalue weighted by Crippen LogP contribution is 2.27. The molecule has 0 aromatic rings. The Balaban J connectivity index is 6.44. The van der Waals surface area contributed by atoms with Crippen LogP contribution in [0.4, 0.5) is 0 Å². The average Bonchev–Trinajstić information content (AvgIpc) is 1.81. The Hall–Kier alpha value is 3.86. The molecule has 0 bridgehead atoms. The van der Waals surface area contributed by atoms with Gasteiger partial charge in [0.2, 0.25) is 0 Å². The molecule has 14 heteroatoms. The van der Waals surface area contributed by atoms with Crippen LogP contribution in [-0.2, 0) is 110 Å². The highest BCUT2D eigenvalue weighted by Gasteiger charge is 2.24. The lowest BCUT2D eigenvalue weighted by Crippen LogP contribution is -2.19. The van der Waals surface area contributed by atoms with Crippen molar-refractivity contribution >= 4 is 134 Å². The van der Waals surface area contributed by atoms with Gasteiger partial charge in [0.15, 0.2) is 0 Å². The van der Waals surface area contributed by atoms with Gasteiger partial charge in [-0.1, -0.05) is 23.3 Å². The molecule has 0 spiro atoms. The summed E-state index contributed by atoms with van der Waals surface area (Å²) in [5.41, 5.74) is 0. The standard InChI is InChI=1S/H2S14/c1-11(2,3)13(7,8)14(9,10)12(4,5)6/h(H,1,2,3)(H,4,5,6). The normalized spacial score (nSPS) is 15.3. The predicted molar refractivity (Wildman–Crippen MR) is 106 cm³/mol. The first-order valence-corrected chi connectivity index (χ1v) is 19.8. The molecule has 0 aliphatic heterocycles. The Morgan fingerprint density at radius 1 is 0.500 bits per heavy atom. The van der Waals surface area contributed by atoms with E-state index >= 15 is 0 Å². The van der Waals surface area contributed by atoms with Crippen molar-refractivity contribution in [2.45, 2.75) is 0 Å². The molecule has 86 valence electrons. The van der Waals surface area contributed by atoms with Crippen LogP contribution in [0.15, 0.2) is 0 Å². The van der Waals surface area contributed by atoms with Crippen LogP contribution in [0.1, 0.15) is 0 Å². The number of hydrogen-bond donors (Lipinski definition) is 2. The maximum atomic E-state index is 5.18. The van der Waals surface area contributed by atoms with Crippen molar-refractivity contribution in [1.29, 1.82) is 0 Å². The van der Waals surface area contributed by atoms with E-state index in [4.69, 9.17) is 89.5 Å². The van der Waals surface area contributed by atoms with Crippen molar-refractivity contribution in [3.8, 4) is 0 Å². The quantitative estimate of drug-likeness (QED) is 0.471. The summed E-state index contributed by atoms with van der Waals surface area (Å²) in [5.74, 6) is 0. The van der Waals surface area contributed by atoms with E-state index in [0.29, 0.717) is 0 Å². The highest BCUT2D eigenvalue weighted by molar-refractivity contribution is 9.60. The molecule has 0 aliphatic carbocycles. The first-order valence-electron chi connectivity index (χ1n) is 2.20. The fraction of sp³-hybridized carbons (Fsp3) is 0. The van der Waals surface area contributed by atoms with Gasteiger partial charge >= 0.3 is 0 Å². The Morgan fingerprint density at radius 2 is 0.643 bits per heavy atom. The van der Waals surface area contributed by atoms with Crippen molar-refractivity contribution < 1.29 is 0 Å². The SMILES string of the molecule is S=S(=S)(S)S(=S)(=S)S(=S)(=S)S(=S)(=S)S. The molecule has 0 aromatic carbocycles. The molecule has 0 fully saturated rings. The van der Waals surface area contributed by atoms with E-state index in [-0.39, 0.29) is 0 Å². The van der Waals surface area contributed by atoms with E-state index in [1.807, 2.05) is 0 Å². The minimum Gasteiger partial charge on any atom is -0.0917 e. The number of hydrogen-bond acceptors (Lipinski definition) is 8. The summed E-state index contributed by atoms with van der Waals surface area (Å²) in [4.78, 5) is 0. The second kappa shape index (κ2) is 5.46. The minimum atomic E-state index is -2.42. The van der Waals surface area contributed by atoms with Gasteiger partial charge < -0.3 is 0 Å². The van der Waals surface area contributed by atoms with Crippen LogP contribution >= 0.6 is 23.3 Å². The molecule has 0 nitrogen and oxygen atoms in total. The maximum Gasteiger partial charge on any atom is 0.0436 e. The lowest BCUT2D eigenvalue weighted by atomic mass is 29.9. The third-order valence-electron chi connectivity index (χ3n) is 0.766. The van der Waals surface area contributed by atoms with E-state index < -0.39 is 20.8 Å². The molecule has 0 saturated carbocycles. The third-order valence-corrected chi connectivity index (χ3v) is 62.0. The molecule has 0 amide bonds. The van der Waals surface area contributed by atoms with Gasteiger partial charge in [0.25, 0.3) is 0 Å². The molecule has 0 N–H and O–H groups in total. The summed E-state index contributed by atoms with van der Waals surface area (Å²) in [5, 5.41) is -9.45. The van der Waals surface area contributed by atoms with Gasteiger partial charge in [0.1, 0.15) is 0 Å². The lowest BCUT2D eigenvalue weighted by Gasteiger charge is -2.19. The Kier molecular flexibility index (Phi) is 6.97. The third kappa shape index (κ3) is 3.68. The van der Waals surface area contributed by atoms with Crippen molar-refractivity contribution in [3.05, 3.63) is 0 Å². The molecule has 0 saturated heterocycles. The number of thiol groups is 2. The average molecular weight is 451 g/mol. The predicted octanol–water partition coefficient (Wildman–Crippen LogP) is 0.732. The van der Waals surface area contributed by atoms with E-state index in [2.05, 4.69) is 23.3 Å². The Labute approximate surface area is 131 Å². The van der Waals surface area contributed by atoms with Crippen molar-refractivity contribution in [2.24, 2.45) is 0 Å². The summed E-state index contributed by atoms with van der Waals surface area (Å²) >= 11 is 48.9. The van der Waals surface area contributed by atoms with E-state index in [1.165, 1.54) is 0 Å². The van der Waals surface area contributed by atoms with Crippen molar-refractivity contribution in [1.82, 2.24) is 0 Å². The van der Waals surface area contributed by atoms with Crippen LogP contribution in [0.5, 0.6) is 0 Å². The molecule has 0 aromatic heterocycles. The zero-order valence-electron chi connectivity index (χ0n) is 5.79. The van der Waals surface area contributed by atoms with Gasteiger partial charge in [-0.25, -0.2) is 0 Å². The van der Waals surface area contributed by atoms with Crippen molar-refractivity contribution in [3.63, 3.8) is 0 Å². The van der Waals surface area contributed by atoms with Crippen LogP contribution in [-0.4, -0.2) is 0 Å². The van der Waals surface area contributed by atoms with Crippen LogP contribution in [0.25, 0.3) is 0 Å². The van der Waals surface area contributed by atoms with Gasteiger partial charge in [0.05, 0.1) is 0 Å². The molecule has 0 heterocycles. The summed E-state index contributed by atoms with van der Waals surface area (Å²) in [6.07, 6.45) is 0.